The lowest BCUT2D eigenvalue weighted by Crippen LogP contribution is -2.00. The molecule has 0 aliphatic rings. The average molecular weight is 273 g/mol. The quantitative estimate of drug-likeness (QED) is 0.868. The minimum Gasteiger partial charge on any atom is -0.398 e. The number of aromatic nitrogens is 2. The molecule has 0 atom stereocenters. The first-order valence-electron chi connectivity index (χ1n) is 6.26. The van der Waals surface area contributed by atoms with Gasteiger partial charge < -0.3 is 5.73 Å². The zero-order valence-electron chi connectivity index (χ0n) is 11.8. The fraction of sp³-hybridized carbons (Fsp3) is 0.333. The van der Waals surface area contributed by atoms with Crippen molar-refractivity contribution >= 4 is 17.4 Å². The van der Waals surface area contributed by atoms with Crippen LogP contribution in [0.1, 0.15) is 28.1 Å². The first-order valence-corrected chi connectivity index (χ1v) is 7.24. The van der Waals surface area contributed by atoms with Crippen LogP contribution in [-0.2, 0) is 5.75 Å². The number of nitrogens with zero attached hydrogens (tertiary/aromatic N) is 2. The SMILES string of the molecule is Cc1cc(C)nc(SCc2ncc(C)c(N)c2C)c1. The summed E-state index contributed by atoms with van der Waals surface area (Å²) in [6, 6.07) is 4.18. The van der Waals surface area contributed by atoms with Gasteiger partial charge in [-0.15, -0.1) is 11.8 Å². The molecule has 0 aliphatic carbocycles. The van der Waals surface area contributed by atoms with E-state index in [1.165, 1.54) is 5.56 Å². The zero-order valence-corrected chi connectivity index (χ0v) is 12.6. The molecule has 0 saturated carbocycles. The summed E-state index contributed by atoms with van der Waals surface area (Å²) in [5.41, 5.74) is 12.3. The van der Waals surface area contributed by atoms with Gasteiger partial charge in [0.2, 0.25) is 0 Å². The van der Waals surface area contributed by atoms with Crippen LogP contribution in [0.25, 0.3) is 0 Å². The molecule has 0 radical (unpaired) electrons. The molecule has 100 valence electrons. The number of anilines is 1. The van der Waals surface area contributed by atoms with Crippen molar-refractivity contribution in [1.82, 2.24) is 9.97 Å². The third kappa shape index (κ3) is 3.26. The van der Waals surface area contributed by atoms with E-state index in [0.717, 1.165) is 39.0 Å². The van der Waals surface area contributed by atoms with Crippen molar-refractivity contribution in [3.05, 3.63) is 46.4 Å². The van der Waals surface area contributed by atoms with Crippen LogP contribution in [0.4, 0.5) is 5.69 Å². The highest BCUT2D eigenvalue weighted by molar-refractivity contribution is 7.98. The van der Waals surface area contributed by atoms with Gasteiger partial charge in [0.15, 0.2) is 0 Å². The number of pyridine rings is 2. The van der Waals surface area contributed by atoms with Crippen LogP contribution in [0.3, 0.4) is 0 Å². The fourth-order valence-corrected chi connectivity index (χ4v) is 3.01. The summed E-state index contributed by atoms with van der Waals surface area (Å²) in [5, 5.41) is 1.04. The zero-order chi connectivity index (χ0) is 14.0. The highest BCUT2D eigenvalue weighted by Crippen LogP contribution is 2.26. The average Bonchev–Trinajstić information content (AvgIpc) is 2.34. The second kappa shape index (κ2) is 5.61. The molecule has 0 unspecified atom stereocenters. The summed E-state index contributed by atoms with van der Waals surface area (Å²) < 4.78 is 0. The Hall–Kier alpha value is -1.55. The molecule has 0 bridgehead atoms. The lowest BCUT2D eigenvalue weighted by atomic mass is 10.1. The topological polar surface area (TPSA) is 51.8 Å². The first kappa shape index (κ1) is 13.9. The maximum atomic E-state index is 6.03. The molecular weight excluding hydrogens is 254 g/mol. The monoisotopic (exact) mass is 273 g/mol. The molecular formula is C15H19N3S. The van der Waals surface area contributed by atoms with Crippen molar-refractivity contribution in [3.63, 3.8) is 0 Å². The maximum absolute atomic E-state index is 6.03. The van der Waals surface area contributed by atoms with Gasteiger partial charge in [0.1, 0.15) is 0 Å². The molecule has 19 heavy (non-hydrogen) atoms. The van der Waals surface area contributed by atoms with Crippen LogP contribution >= 0.6 is 11.8 Å². The number of hydrogen-bond acceptors (Lipinski definition) is 4. The van der Waals surface area contributed by atoms with Crippen molar-refractivity contribution in [3.8, 4) is 0 Å². The third-order valence-corrected chi connectivity index (χ3v) is 4.03. The number of aryl methyl sites for hydroxylation is 3. The van der Waals surface area contributed by atoms with Crippen LogP contribution in [0.5, 0.6) is 0 Å². The third-order valence-electron chi connectivity index (χ3n) is 3.11. The fourth-order valence-electron chi connectivity index (χ4n) is 1.96. The molecule has 2 aromatic heterocycles. The van der Waals surface area contributed by atoms with Gasteiger partial charge in [-0.05, 0) is 56.5 Å². The van der Waals surface area contributed by atoms with Crippen LogP contribution in [-0.4, -0.2) is 9.97 Å². The van der Waals surface area contributed by atoms with Crippen LogP contribution < -0.4 is 5.73 Å². The Balaban J connectivity index is 2.17. The highest BCUT2D eigenvalue weighted by atomic mass is 32.2. The Morgan fingerprint density at radius 3 is 2.58 bits per heavy atom. The molecule has 3 nitrogen and oxygen atoms in total. The summed E-state index contributed by atoms with van der Waals surface area (Å²) >= 11 is 1.70. The Morgan fingerprint density at radius 2 is 1.89 bits per heavy atom. The highest BCUT2D eigenvalue weighted by Gasteiger charge is 2.07. The summed E-state index contributed by atoms with van der Waals surface area (Å²) in [5.74, 6) is 0.798. The predicted octanol–water partition coefficient (Wildman–Crippen LogP) is 3.58. The molecule has 0 aliphatic heterocycles. The molecule has 4 heteroatoms. The number of thioether (sulfide) groups is 1. The van der Waals surface area contributed by atoms with Gasteiger partial charge in [0.05, 0.1) is 10.7 Å². The second-order valence-electron chi connectivity index (χ2n) is 4.84. The second-order valence-corrected chi connectivity index (χ2v) is 5.83. The minimum absolute atomic E-state index is 0.798. The molecule has 0 amide bonds. The molecule has 0 fully saturated rings. The Morgan fingerprint density at radius 1 is 1.16 bits per heavy atom. The van der Waals surface area contributed by atoms with Crippen molar-refractivity contribution in [1.29, 1.82) is 0 Å². The van der Waals surface area contributed by atoms with Gasteiger partial charge in [-0.25, -0.2) is 4.98 Å². The molecule has 2 aromatic rings. The summed E-state index contributed by atoms with van der Waals surface area (Å²) in [6.07, 6.45) is 1.84. The molecule has 0 spiro atoms. The van der Waals surface area contributed by atoms with Gasteiger partial charge in [-0.1, -0.05) is 0 Å². The number of nitrogen functional groups attached to an aromatic ring is 1. The number of rotatable bonds is 3. The van der Waals surface area contributed by atoms with Gasteiger partial charge in [0, 0.05) is 23.3 Å². The maximum Gasteiger partial charge on any atom is 0.0969 e. The van der Waals surface area contributed by atoms with E-state index >= 15 is 0 Å². The van der Waals surface area contributed by atoms with Crippen molar-refractivity contribution in [2.75, 3.05) is 5.73 Å². The lowest BCUT2D eigenvalue weighted by molar-refractivity contribution is 1.04. The van der Waals surface area contributed by atoms with E-state index in [1.54, 1.807) is 11.8 Å². The predicted molar refractivity (Wildman–Crippen MR) is 81.4 cm³/mol. The van der Waals surface area contributed by atoms with E-state index in [9.17, 15) is 0 Å². The van der Waals surface area contributed by atoms with Gasteiger partial charge in [-0.2, -0.15) is 0 Å². The summed E-state index contributed by atoms with van der Waals surface area (Å²) in [7, 11) is 0. The van der Waals surface area contributed by atoms with E-state index < -0.39 is 0 Å². The molecule has 0 saturated heterocycles. The summed E-state index contributed by atoms with van der Waals surface area (Å²) in [6.45, 7) is 8.12. The Kier molecular flexibility index (Phi) is 4.10. The van der Waals surface area contributed by atoms with Crippen LogP contribution in [0.2, 0.25) is 0 Å². The smallest absolute Gasteiger partial charge is 0.0969 e. The van der Waals surface area contributed by atoms with E-state index in [0.29, 0.717) is 0 Å². The number of hydrogen-bond donors (Lipinski definition) is 1. The summed E-state index contributed by atoms with van der Waals surface area (Å²) in [4.78, 5) is 8.99. The standard InChI is InChI=1S/C15H19N3S/c1-9-5-11(3)18-14(6-9)19-8-13-12(4)15(16)10(2)7-17-13/h5-7H,8H2,1-4H3,(H2,16,17). The normalized spacial score (nSPS) is 10.7. The first-order chi connectivity index (χ1) is 8.97. The number of nitrogens with two attached hydrogens (primary N) is 1. The van der Waals surface area contributed by atoms with E-state index in [4.69, 9.17) is 5.73 Å². The van der Waals surface area contributed by atoms with Crippen molar-refractivity contribution < 1.29 is 0 Å². The molecule has 2 N–H and O–H groups in total. The largest absolute Gasteiger partial charge is 0.398 e. The van der Waals surface area contributed by atoms with Gasteiger partial charge >= 0.3 is 0 Å². The van der Waals surface area contributed by atoms with E-state index in [1.807, 2.05) is 27.0 Å². The van der Waals surface area contributed by atoms with Crippen LogP contribution in [0.15, 0.2) is 23.4 Å². The van der Waals surface area contributed by atoms with E-state index in [2.05, 4.69) is 29.0 Å². The van der Waals surface area contributed by atoms with Crippen molar-refractivity contribution in [2.45, 2.75) is 38.5 Å². The molecule has 2 rings (SSSR count). The Bertz CT molecular complexity index is 588. The minimum atomic E-state index is 0.798. The molecule has 2 heterocycles. The van der Waals surface area contributed by atoms with Crippen molar-refractivity contribution in [2.24, 2.45) is 0 Å². The van der Waals surface area contributed by atoms with E-state index in [-0.39, 0.29) is 0 Å². The van der Waals surface area contributed by atoms with Crippen LogP contribution in [0, 0.1) is 27.7 Å². The lowest BCUT2D eigenvalue weighted by Gasteiger charge is -2.10. The van der Waals surface area contributed by atoms with Gasteiger partial charge in [0.25, 0.3) is 0 Å². The Labute approximate surface area is 118 Å². The molecule has 0 aromatic carbocycles. The van der Waals surface area contributed by atoms with Gasteiger partial charge in [-0.3, -0.25) is 4.98 Å².